The SMILES string of the molecule is CC(NC(=O)OCC1c2ccccc2-c2ccccc21)(C(=O)N1CC(O)CC(C(=O)O)C1)C1CC1. The van der Waals surface area contributed by atoms with Crippen molar-refractivity contribution in [3.05, 3.63) is 59.7 Å². The number of fused-ring (bicyclic) bond motifs is 3. The Bertz CT molecular complexity index is 1120. The minimum Gasteiger partial charge on any atom is -0.481 e. The number of β-amino-alcohol motifs (C(OH)–C–C–N with tert-alkyl or cyclic N) is 1. The average molecular weight is 479 g/mol. The minimum absolute atomic E-state index is 0.0138. The van der Waals surface area contributed by atoms with Gasteiger partial charge in [0, 0.05) is 19.0 Å². The molecule has 3 aliphatic rings. The molecule has 3 unspecified atom stereocenters. The van der Waals surface area contributed by atoms with Crippen LogP contribution in [0.5, 0.6) is 0 Å². The number of ether oxygens (including phenoxy) is 1. The normalized spacial score (nSPS) is 23.1. The van der Waals surface area contributed by atoms with Gasteiger partial charge in [-0.3, -0.25) is 9.59 Å². The van der Waals surface area contributed by atoms with E-state index in [1.807, 2.05) is 36.4 Å². The van der Waals surface area contributed by atoms with Gasteiger partial charge in [-0.1, -0.05) is 48.5 Å². The Labute approximate surface area is 203 Å². The smallest absolute Gasteiger partial charge is 0.408 e. The van der Waals surface area contributed by atoms with Crippen LogP contribution in [-0.2, 0) is 14.3 Å². The lowest BCUT2D eigenvalue weighted by atomic mass is 9.90. The van der Waals surface area contributed by atoms with E-state index in [1.54, 1.807) is 6.92 Å². The van der Waals surface area contributed by atoms with E-state index in [1.165, 1.54) is 4.90 Å². The molecule has 2 aromatic rings. The molecule has 2 aromatic carbocycles. The lowest BCUT2D eigenvalue weighted by Crippen LogP contribution is -2.62. The zero-order valence-corrected chi connectivity index (χ0v) is 19.6. The summed E-state index contributed by atoms with van der Waals surface area (Å²) in [6, 6.07) is 16.1. The topological polar surface area (TPSA) is 116 Å². The number of nitrogens with one attached hydrogen (secondary N) is 1. The largest absolute Gasteiger partial charge is 0.481 e. The van der Waals surface area contributed by atoms with Crippen molar-refractivity contribution in [3.63, 3.8) is 0 Å². The number of piperidine rings is 1. The van der Waals surface area contributed by atoms with E-state index >= 15 is 0 Å². The van der Waals surface area contributed by atoms with E-state index < -0.39 is 29.6 Å². The van der Waals surface area contributed by atoms with Gasteiger partial charge in [0.1, 0.15) is 12.1 Å². The van der Waals surface area contributed by atoms with E-state index in [2.05, 4.69) is 17.4 Å². The molecule has 184 valence electrons. The summed E-state index contributed by atoms with van der Waals surface area (Å²) in [4.78, 5) is 39.3. The number of carbonyl (C=O) groups is 3. The van der Waals surface area contributed by atoms with Crippen LogP contribution >= 0.6 is 0 Å². The number of carboxylic acids is 1. The second-order valence-electron chi connectivity index (χ2n) is 10.1. The number of hydrogen-bond donors (Lipinski definition) is 3. The first kappa shape index (κ1) is 23.4. The van der Waals surface area contributed by atoms with Gasteiger partial charge in [-0.15, -0.1) is 0 Å². The fraction of sp³-hybridized carbons (Fsp3) is 0.444. The summed E-state index contributed by atoms with van der Waals surface area (Å²) >= 11 is 0. The van der Waals surface area contributed by atoms with Gasteiger partial charge in [-0.2, -0.15) is 0 Å². The molecule has 1 saturated heterocycles. The summed E-state index contributed by atoms with van der Waals surface area (Å²) in [5.74, 6) is -2.40. The minimum atomic E-state index is -1.22. The summed E-state index contributed by atoms with van der Waals surface area (Å²) in [5, 5.41) is 22.3. The molecule has 2 amide bonds. The second-order valence-corrected chi connectivity index (χ2v) is 10.1. The van der Waals surface area contributed by atoms with Gasteiger partial charge < -0.3 is 25.2 Å². The standard InChI is InChI=1S/C27H30N2O6/c1-27(17-10-11-17,25(33)29-13-16(24(31)32)12-18(30)14-29)28-26(34)35-15-23-21-8-4-2-6-19(21)20-7-3-5-9-22(20)23/h2-9,16-18,23,30H,10-15H2,1H3,(H,28,34)(H,31,32). The van der Waals surface area contributed by atoms with E-state index in [9.17, 15) is 24.6 Å². The van der Waals surface area contributed by atoms with Gasteiger partial charge in [-0.05, 0) is 54.4 Å². The third-order valence-corrected chi connectivity index (χ3v) is 7.61. The molecule has 1 aliphatic heterocycles. The summed E-state index contributed by atoms with van der Waals surface area (Å²) in [5.41, 5.74) is 3.25. The van der Waals surface area contributed by atoms with Crippen LogP contribution in [-0.4, -0.2) is 64.4 Å². The molecule has 3 atom stereocenters. The number of carbonyl (C=O) groups excluding carboxylic acids is 2. The molecule has 0 aromatic heterocycles. The third-order valence-electron chi connectivity index (χ3n) is 7.61. The Morgan fingerprint density at radius 3 is 2.20 bits per heavy atom. The first-order valence-electron chi connectivity index (χ1n) is 12.1. The Hall–Kier alpha value is -3.39. The number of likely N-dealkylation sites (tertiary alicyclic amines) is 1. The highest BCUT2D eigenvalue weighted by Crippen LogP contribution is 2.45. The molecule has 5 rings (SSSR count). The summed E-state index contributed by atoms with van der Waals surface area (Å²) in [6.07, 6.45) is 0.0858. The van der Waals surface area contributed by atoms with E-state index in [0.717, 1.165) is 35.1 Å². The Morgan fingerprint density at radius 2 is 1.63 bits per heavy atom. The molecule has 0 radical (unpaired) electrons. The lowest BCUT2D eigenvalue weighted by Gasteiger charge is -2.40. The van der Waals surface area contributed by atoms with Crippen molar-refractivity contribution in [2.75, 3.05) is 19.7 Å². The van der Waals surface area contributed by atoms with Crippen molar-refractivity contribution >= 4 is 18.0 Å². The number of aliphatic hydroxyl groups is 1. The molecule has 8 nitrogen and oxygen atoms in total. The molecular formula is C27H30N2O6. The van der Waals surface area contributed by atoms with E-state index in [0.29, 0.717) is 0 Å². The second kappa shape index (κ2) is 9.00. The maximum Gasteiger partial charge on any atom is 0.408 e. The van der Waals surface area contributed by atoms with Crippen molar-refractivity contribution in [2.45, 2.75) is 43.7 Å². The number of alkyl carbamates (subject to hydrolysis) is 1. The van der Waals surface area contributed by atoms with Crippen LogP contribution < -0.4 is 5.32 Å². The van der Waals surface area contributed by atoms with Gasteiger partial charge in [0.05, 0.1) is 12.0 Å². The van der Waals surface area contributed by atoms with Crippen LogP contribution in [0.25, 0.3) is 11.1 Å². The Balaban J connectivity index is 1.29. The number of benzene rings is 2. The number of aliphatic carboxylic acids is 1. The van der Waals surface area contributed by atoms with Crippen LogP contribution in [0.2, 0.25) is 0 Å². The highest BCUT2D eigenvalue weighted by molar-refractivity contribution is 5.91. The first-order chi connectivity index (χ1) is 16.8. The molecule has 0 spiro atoms. The molecular weight excluding hydrogens is 448 g/mol. The van der Waals surface area contributed by atoms with Gasteiger partial charge >= 0.3 is 12.1 Å². The maximum atomic E-state index is 13.5. The first-order valence-corrected chi connectivity index (χ1v) is 12.1. The van der Waals surface area contributed by atoms with Gasteiger partial charge in [0.2, 0.25) is 5.91 Å². The predicted octanol–water partition coefficient (Wildman–Crippen LogP) is 2.99. The van der Waals surface area contributed by atoms with E-state index in [4.69, 9.17) is 4.74 Å². The predicted molar refractivity (Wildman–Crippen MR) is 128 cm³/mol. The quantitative estimate of drug-likeness (QED) is 0.588. The molecule has 35 heavy (non-hydrogen) atoms. The molecule has 8 heteroatoms. The monoisotopic (exact) mass is 478 g/mol. The lowest BCUT2D eigenvalue weighted by molar-refractivity contribution is -0.151. The van der Waals surface area contributed by atoms with Gasteiger partial charge in [0.25, 0.3) is 0 Å². The van der Waals surface area contributed by atoms with Crippen molar-refractivity contribution in [2.24, 2.45) is 11.8 Å². The fourth-order valence-corrected chi connectivity index (χ4v) is 5.58. The van der Waals surface area contributed by atoms with Crippen molar-refractivity contribution in [1.29, 1.82) is 0 Å². The van der Waals surface area contributed by atoms with Crippen LogP contribution in [0.3, 0.4) is 0 Å². The van der Waals surface area contributed by atoms with Crippen LogP contribution in [0, 0.1) is 11.8 Å². The zero-order chi connectivity index (χ0) is 24.7. The van der Waals surface area contributed by atoms with Gasteiger partial charge in [-0.25, -0.2) is 4.79 Å². The summed E-state index contributed by atoms with van der Waals surface area (Å²) in [6.45, 7) is 1.88. The van der Waals surface area contributed by atoms with E-state index in [-0.39, 0.29) is 43.9 Å². The number of carboxylic acid groups (broad SMARTS) is 1. The van der Waals surface area contributed by atoms with Gasteiger partial charge in [0.15, 0.2) is 0 Å². The summed E-state index contributed by atoms with van der Waals surface area (Å²) in [7, 11) is 0. The van der Waals surface area contributed by atoms with Crippen LogP contribution in [0.15, 0.2) is 48.5 Å². The maximum absolute atomic E-state index is 13.5. The number of rotatable bonds is 6. The number of amides is 2. The van der Waals surface area contributed by atoms with Crippen LogP contribution in [0.1, 0.15) is 43.2 Å². The van der Waals surface area contributed by atoms with Crippen molar-refractivity contribution in [1.82, 2.24) is 10.2 Å². The highest BCUT2D eigenvalue weighted by atomic mass is 16.5. The Kier molecular flexibility index (Phi) is 6.01. The molecule has 1 saturated carbocycles. The highest BCUT2D eigenvalue weighted by Gasteiger charge is 2.51. The number of aliphatic hydroxyl groups excluding tert-OH is 1. The molecule has 3 N–H and O–H groups in total. The van der Waals surface area contributed by atoms with Crippen LogP contribution in [0.4, 0.5) is 4.79 Å². The van der Waals surface area contributed by atoms with Crippen molar-refractivity contribution < 1.29 is 29.3 Å². The summed E-state index contributed by atoms with van der Waals surface area (Å²) < 4.78 is 5.67. The fourth-order valence-electron chi connectivity index (χ4n) is 5.58. The third kappa shape index (κ3) is 4.38. The average Bonchev–Trinajstić information content (AvgIpc) is 3.66. The number of hydrogen-bond acceptors (Lipinski definition) is 5. The zero-order valence-electron chi connectivity index (χ0n) is 19.6. The molecule has 2 fully saturated rings. The molecule has 2 aliphatic carbocycles. The Morgan fingerprint density at radius 1 is 1.03 bits per heavy atom. The molecule has 1 heterocycles. The van der Waals surface area contributed by atoms with Crippen molar-refractivity contribution in [3.8, 4) is 11.1 Å². The number of nitrogens with zero attached hydrogens (tertiary/aromatic N) is 1. The molecule has 0 bridgehead atoms.